The normalized spacial score (nSPS) is 19.6. The molecule has 4 heteroatoms. The van der Waals surface area contributed by atoms with Gasteiger partial charge in [-0.25, -0.2) is 4.79 Å². The molecule has 1 aromatic rings. The van der Waals surface area contributed by atoms with Gasteiger partial charge in [-0.3, -0.25) is 4.98 Å². The molecule has 4 nitrogen and oxygen atoms in total. The standard InChI is InChI=1S/C15H22N2O2/c1-11-6-5-7-13(16-11)12-8-9-17(10-12)14(18)19-15(2,3)4/h5-7,12H,8-10H2,1-4H3/t12-/m0/s1. The van der Waals surface area contributed by atoms with Crippen LogP contribution in [0.5, 0.6) is 0 Å². The summed E-state index contributed by atoms with van der Waals surface area (Å²) in [6.07, 6.45) is 0.734. The Labute approximate surface area is 114 Å². The van der Waals surface area contributed by atoms with Gasteiger partial charge >= 0.3 is 6.09 Å². The van der Waals surface area contributed by atoms with Crippen LogP contribution in [0, 0.1) is 6.92 Å². The predicted octanol–water partition coefficient (Wildman–Crippen LogP) is 3.11. The molecule has 0 unspecified atom stereocenters. The maximum atomic E-state index is 12.0. The fourth-order valence-electron chi connectivity index (χ4n) is 2.29. The number of amides is 1. The lowest BCUT2D eigenvalue weighted by atomic mass is 10.0. The summed E-state index contributed by atoms with van der Waals surface area (Å²) in [6.45, 7) is 9.10. The highest BCUT2D eigenvalue weighted by Crippen LogP contribution is 2.27. The Hall–Kier alpha value is -1.58. The summed E-state index contributed by atoms with van der Waals surface area (Å²) >= 11 is 0. The lowest BCUT2D eigenvalue weighted by Crippen LogP contribution is -2.35. The first-order valence-corrected chi connectivity index (χ1v) is 6.76. The number of pyridine rings is 1. The Balaban J connectivity index is 1.98. The van der Waals surface area contributed by atoms with Gasteiger partial charge in [0.25, 0.3) is 0 Å². The van der Waals surface area contributed by atoms with Gasteiger partial charge in [-0.05, 0) is 46.2 Å². The average Bonchev–Trinajstić information content (AvgIpc) is 2.75. The van der Waals surface area contributed by atoms with E-state index in [1.54, 1.807) is 4.90 Å². The van der Waals surface area contributed by atoms with Crippen LogP contribution in [-0.4, -0.2) is 34.7 Å². The second kappa shape index (κ2) is 5.19. The van der Waals surface area contributed by atoms with Crippen molar-refractivity contribution in [2.24, 2.45) is 0 Å². The SMILES string of the molecule is Cc1cccc([C@H]2CCN(C(=O)OC(C)(C)C)C2)n1. The van der Waals surface area contributed by atoms with Gasteiger partial charge in [0, 0.05) is 30.4 Å². The molecule has 1 aromatic heterocycles. The molecule has 1 aliphatic rings. The van der Waals surface area contributed by atoms with Crippen LogP contribution in [-0.2, 0) is 4.74 Å². The fourth-order valence-corrected chi connectivity index (χ4v) is 2.29. The first-order chi connectivity index (χ1) is 8.85. The summed E-state index contributed by atoms with van der Waals surface area (Å²) in [4.78, 5) is 18.3. The molecule has 1 atom stereocenters. The number of rotatable bonds is 1. The molecule has 0 saturated carbocycles. The second-order valence-corrected chi connectivity index (χ2v) is 6.12. The Kier molecular flexibility index (Phi) is 3.78. The number of aromatic nitrogens is 1. The topological polar surface area (TPSA) is 42.4 Å². The van der Waals surface area contributed by atoms with Crippen molar-refractivity contribution in [3.63, 3.8) is 0 Å². The minimum atomic E-state index is -0.434. The zero-order chi connectivity index (χ0) is 14.0. The van der Waals surface area contributed by atoms with Gasteiger partial charge in [0.15, 0.2) is 0 Å². The molecule has 2 rings (SSSR count). The van der Waals surface area contributed by atoms with E-state index in [0.717, 1.165) is 24.4 Å². The molecular formula is C15H22N2O2. The molecule has 0 aromatic carbocycles. The molecule has 19 heavy (non-hydrogen) atoms. The van der Waals surface area contributed by atoms with Crippen molar-refractivity contribution in [1.82, 2.24) is 9.88 Å². The number of nitrogens with zero attached hydrogens (tertiary/aromatic N) is 2. The molecule has 0 N–H and O–H groups in total. The molecule has 0 radical (unpaired) electrons. The van der Waals surface area contributed by atoms with Crippen LogP contribution < -0.4 is 0 Å². The Morgan fingerprint density at radius 1 is 1.42 bits per heavy atom. The third kappa shape index (κ3) is 3.69. The number of carbonyl (C=O) groups is 1. The molecule has 104 valence electrons. The number of aryl methyl sites for hydroxylation is 1. The van der Waals surface area contributed by atoms with Crippen LogP contribution in [0.4, 0.5) is 4.79 Å². The molecule has 0 bridgehead atoms. The lowest BCUT2D eigenvalue weighted by molar-refractivity contribution is 0.0292. The third-order valence-electron chi connectivity index (χ3n) is 3.17. The number of likely N-dealkylation sites (tertiary alicyclic amines) is 1. The van der Waals surface area contributed by atoms with Crippen molar-refractivity contribution in [2.45, 2.75) is 45.6 Å². The maximum absolute atomic E-state index is 12.0. The van der Waals surface area contributed by atoms with Gasteiger partial charge < -0.3 is 9.64 Å². The summed E-state index contributed by atoms with van der Waals surface area (Å²) in [5.41, 5.74) is 1.66. The molecule has 1 fully saturated rings. The predicted molar refractivity (Wildman–Crippen MR) is 74.1 cm³/mol. The van der Waals surface area contributed by atoms with Crippen LogP contribution >= 0.6 is 0 Å². The minimum absolute atomic E-state index is 0.220. The van der Waals surface area contributed by atoms with Crippen molar-refractivity contribution in [3.8, 4) is 0 Å². The zero-order valence-corrected chi connectivity index (χ0v) is 12.1. The van der Waals surface area contributed by atoms with E-state index in [0.29, 0.717) is 12.5 Å². The summed E-state index contributed by atoms with van der Waals surface area (Å²) in [7, 11) is 0. The molecule has 2 heterocycles. The van der Waals surface area contributed by atoms with E-state index in [-0.39, 0.29) is 6.09 Å². The zero-order valence-electron chi connectivity index (χ0n) is 12.1. The van der Waals surface area contributed by atoms with Crippen molar-refractivity contribution < 1.29 is 9.53 Å². The van der Waals surface area contributed by atoms with Gasteiger partial charge in [-0.15, -0.1) is 0 Å². The Morgan fingerprint density at radius 2 is 2.16 bits per heavy atom. The highest BCUT2D eigenvalue weighted by atomic mass is 16.6. The van der Waals surface area contributed by atoms with Crippen LogP contribution in [0.2, 0.25) is 0 Å². The first kappa shape index (κ1) is 13.8. The highest BCUT2D eigenvalue weighted by Gasteiger charge is 2.31. The molecule has 1 saturated heterocycles. The van der Waals surface area contributed by atoms with Gasteiger partial charge in [0.1, 0.15) is 5.60 Å². The molecule has 1 amide bonds. The number of hydrogen-bond donors (Lipinski definition) is 0. The Morgan fingerprint density at radius 3 is 2.79 bits per heavy atom. The Bertz CT molecular complexity index is 465. The first-order valence-electron chi connectivity index (χ1n) is 6.76. The second-order valence-electron chi connectivity index (χ2n) is 6.12. The summed E-state index contributed by atoms with van der Waals surface area (Å²) in [5, 5.41) is 0. The lowest BCUT2D eigenvalue weighted by Gasteiger charge is -2.24. The molecular weight excluding hydrogens is 240 g/mol. The number of carbonyl (C=O) groups excluding carboxylic acids is 1. The number of ether oxygens (including phenoxy) is 1. The van der Waals surface area contributed by atoms with Crippen LogP contribution in [0.3, 0.4) is 0 Å². The third-order valence-corrected chi connectivity index (χ3v) is 3.17. The van der Waals surface area contributed by atoms with E-state index in [4.69, 9.17) is 4.74 Å². The van der Waals surface area contributed by atoms with E-state index in [2.05, 4.69) is 4.98 Å². The van der Waals surface area contributed by atoms with Crippen molar-refractivity contribution in [2.75, 3.05) is 13.1 Å². The highest BCUT2D eigenvalue weighted by molar-refractivity contribution is 5.68. The molecule has 1 aliphatic heterocycles. The smallest absolute Gasteiger partial charge is 0.410 e. The van der Waals surface area contributed by atoms with Crippen molar-refractivity contribution in [3.05, 3.63) is 29.6 Å². The van der Waals surface area contributed by atoms with Gasteiger partial charge in [0.2, 0.25) is 0 Å². The van der Waals surface area contributed by atoms with Crippen molar-refractivity contribution in [1.29, 1.82) is 0 Å². The largest absolute Gasteiger partial charge is 0.444 e. The van der Waals surface area contributed by atoms with Gasteiger partial charge in [-0.2, -0.15) is 0 Å². The molecule has 0 spiro atoms. The number of hydrogen-bond acceptors (Lipinski definition) is 3. The van der Waals surface area contributed by atoms with E-state index in [9.17, 15) is 4.79 Å². The van der Waals surface area contributed by atoms with Crippen LogP contribution in [0.1, 0.15) is 44.5 Å². The van der Waals surface area contributed by atoms with Gasteiger partial charge in [0.05, 0.1) is 0 Å². The van der Waals surface area contributed by atoms with Gasteiger partial charge in [-0.1, -0.05) is 6.07 Å². The summed E-state index contributed by atoms with van der Waals surface area (Å²) < 4.78 is 5.40. The van der Waals surface area contributed by atoms with E-state index < -0.39 is 5.60 Å². The van der Waals surface area contributed by atoms with E-state index in [1.165, 1.54) is 0 Å². The van der Waals surface area contributed by atoms with Crippen LogP contribution in [0.15, 0.2) is 18.2 Å². The summed E-state index contributed by atoms with van der Waals surface area (Å²) in [6, 6.07) is 6.05. The minimum Gasteiger partial charge on any atom is -0.444 e. The van der Waals surface area contributed by atoms with E-state index >= 15 is 0 Å². The van der Waals surface area contributed by atoms with E-state index in [1.807, 2.05) is 45.9 Å². The van der Waals surface area contributed by atoms with Crippen molar-refractivity contribution >= 4 is 6.09 Å². The quantitative estimate of drug-likeness (QED) is 0.781. The summed E-state index contributed by atoms with van der Waals surface area (Å²) in [5.74, 6) is 0.326. The monoisotopic (exact) mass is 262 g/mol. The molecule has 0 aliphatic carbocycles. The average molecular weight is 262 g/mol. The maximum Gasteiger partial charge on any atom is 0.410 e. The van der Waals surface area contributed by atoms with Crippen LogP contribution in [0.25, 0.3) is 0 Å². The fraction of sp³-hybridized carbons (Fsp3) is 0.600.